The summed E-state index contributed by atoms with van der Waals surface area (Å²) in [5.41, 5.74) is 2.50. The zero-order valence-electron chi connectivity index (χ0n) is 14.5. The second-order valence-electron chi connectivity index (χ2n) is 6.26. The predicted molar refractivity (Wildman–Crippen MR) is 107 cm³/mol. The highest BCUT2D eigenvalue weighted by Gasteiger charge is 2.22. The normalized spacial score (nSPS) is 16.8. The summed E-state index contributed by atoms with van der Waals surface area (Å²) in [6.45, 7) is 5.19. The Morgan fingerprint density at radius 3 is 2.73 bits per heavy atom. The van der Waals surface area contributed by atoms with Gasteiger partial charge in [-0.25, -0.2) is 4.79 Å². The molecule has 0 aromatic carbocycles. The van der Waals surface area contributed by atoms with E-state index in [4.69, 9.17) is 9.47 Å². The monoisotopic (exact) mass is 503 g/mol. The van der Waals surface area contributed by atoms with Crippen LogP contribution >= 0.6 is 43.2 Å². The number of halogens is 2. The van der Waals surface area contributed by atoms with Crippen LogP contribution in [-0.2, 0) is 16.0 Å². The van der Waals surface area contributed by atoms with Crippen molar-refractivity contribution in [2.45, 2.75) is 39.3 Å². The summed E-state index contributed by atoms with van der Waals surface area (Å²) in [7, 11) is 0. The van der Waals surface area contributed by atoms with E-state index in [1.54, 1.807) is 6.07 Å². The molecular formula is C18H19Br2NO4S. The maximum absolute atomic E-state index is 12.5. The van der Waals surface area contributed by atoms with E-state index in [2.05, 4.69) is 36.4 Å². The van der Waals surface area contributed by atoms with Gasteiger partial charge >= 0.3 is 5.97 Å². The quantitative estimate of drug-likeness (QED) is 0.414. The third kappa shape index (κ3) is 4.30. The molecule has 0 saturated carbocycles. The van der Waals surface area contributed by atoms with Gasteiger partial charge in [0.05, 0.1) is 9.89 Å². The number of thiophene rings is 1. The van der Waals surface area contributed by atoms with Gasteiger partial charge in [0, 0.05) is 34.6 Å². The lowest BCUT2D eigenvalue weighted by atomic mass is 10.1. The molecule has 0 unspecified atom stereocenters. The van der Waals surface area contributed by atoms with Crippen LogP contribution in [0.5, 0.6) is 0 Å². The molecule has 0 aliphatic carbocycles. The molecule has 3 heterocycles. The van der Waals surface area contributed by atoms with Crippen LogP contribution in [0.3, 0.4) is 0 Å². The molecule has 140 valence electrons. The number of rotatable bonds is 6. The fourth-order valence-corrected chi connectivity index (χ4v) is 5.01. The van der Waals surface area contributed by atoms with Crippen molar-refractivity contribution in [2.75, 3.05) is 13.2 Å². The molecule has 1 atom stereocenters. The molecule has 1 fully saturated rings. The second kappa shape index (κ2) is 8.37. The van der Waals surface area contributed by atoms with Gasteiger partial charge < -0.3 is 14.0 Å². The lowest BCUT2D eigenvalue weighted by Gasteiger charge is -2.14. The van der Waals surface area contributed by atoms with Gasteiger partial charge in [-0.1, -0.05) is 0 Å². The first-order chi connectivity index (χ1) is 12.4. The van der Waals surface area contributed by atoms with Crippen LogP contribution in [0.2, 0.25) is 0 Å². The number of carbonyl (C=O) groups is 2. The Kier molecular flexibility index (Phi) is 6.37. The maximum Gasteiger partial charge on any atom is 0.348 e. The molecule has 0 N–H and O–H groups in total. The molecule has 5 nitrogen and oxygen atoms in total. The summed E-state index contributed by atoms with van der Waals surface area (Å²) in [4.78, 5) is 25.1. The van der Waals surface area contributed by atoms with Crippen molar-refractivity contribution in [1.82, 2.24) is 4.57 Å². The Hall–Kier alpha value is -0.960. The lowest BCUT2D eigenvalue weighted by Crippen LogP contribution is -2.18. The predicted octanol–water partition coefficient (Wildman–Crippen LogP) is 4.91. The summed E-state index contributed by atoms with van der Waals surface area (Å²) < 4.78 is 14.6. The van der Waals surface area contributed by atoms with E-state index in [9.17, 15) is 9.59 Å². The molecule has 1 aliphatic rings. The number of hydrogen-bond donors (Lipinski definition) is 0. The lowest BCUT2D eigenvalue weighted by molar-refractivity contribution is 0.0479. The van der Waals surface area contributed by atoms with Crippen LogP contribution in [0.4, 0.5) is 0 Å². The van der Waals surface area contributed by atoms with Crippen molar-refractivity contribution in [3.8, 4) is 0 Å². The second-order valence-corrected chi connectivity index (χ2v) is 9.49. The average Bonchev–Trinajstić information content (AvgIpc) is 3.30. The van der Waals surface area contributed by atoms with Crippen molar-refractivity contribution < 1.29 is 19.1 Å². The Morgan fingerprint density at radius 1 is 1.35 bits per heavy atom. The fraction of sp³-hybridized carbons (Fsp3) is 0.444. The summed E-state index contributed by atoms with van der Waals surface area (Å²) in [5.74, 6) is -0.692. The van der Waals surface area contributed by atoms with Gasteiger partial charge in [0.15, 0.2) is 6.61 Å². The van der Waals surface area contributed by atoms with Gasteiger partial charge in [-0.05, 0) is 70.7 Å². The summed E-state index contributed by atoms with van der Waals surface area (Å²) >= 11 is 7.94. The van der Waals surface area contributed by atoms with E-state index in [1.807, 2.05) is 19.9 Å². The van der Waals surface area contributed by atoms with Crippen LogP contribution in [0.25, 0.3) is 0 Å². The minimum atomic E-state index is -0.497. The van der Waals surface area contributed by atoms with Gasteiger partial charge in [0.25, 0.3) is 0 Å². The van der Waals surface area contributed by atoms with Gasteiger partial charge in [-0.3, -0.25) is 4.79 Å². The van der Waals surface area contributed by atoms with Crippen LogP contribution in [0, 0.1) is 13.8 Å². The molecule has 1 aliphatic heterocycles. The van der Waals surface area contributed by atoms with Crippen molar-refractivity contribution in [1.29, 1.82) is 0 Å². The molecule has 0 spiro atoms. The number of ketones is 1. The van der Waals surface area contributed by atoms with Crippen LogP contribution in [-0.4, -0.2) is 35.6 Å². The van der Waals surface area contributed by atoms with E-state index >= 15 is 0 Å². The molecule has 3 rings (SSSR count). The zero-order chi connectivity index (χ0) is 18.8. The number of carbonyl (C=O) groups excluding carboxylic acids is 2. The Labute approximate surface area is 172 Å². The molecule has 26 heavy (non-hydrogen) atoms. The summed E-state index contributed by atoms with van der Waals surface area (Å²) in [5, 5.41) is 0. The number of aryl methyl sites for hydroxylation is 1. The van der Waals surface area contributed by atoms with E-state index in [-0.39, 0.29) is 18.5 Å². The summed E-state index contributed by atoms with van der Waals surface area (Å²) in [6.07, 6.45) is 2.33. The highest BCUT2D eigenvalue weighted by atomic mass is 79.9. The number of hydrogen-bond acceptors (Lipinski definition) is 5. The molecule has 8 heteroatoms. The van der Waals surface area contributed by atoms with Gasteiger partial charge in [0.2, 0.25) is 5.78 Å². The number of Topliss-reactive ketones (excluding diaryl/α,β-unsaturated/α-hetero) is 1. The molecule has 2 aromatic rings. The smallest absolute Gasteiger partial charge is 0.348 e. The highest BCUT2D eigenvalue weighted by Crippen LogP contribution is 2.32. The highest BCUT2D eigenvalue weighted by molar-refractivity contribution is 9.13. The van der Waals surface area contributed by atoms with Gasteiger partial charge in [-0.2, -0.15) is 0 Å². The third-order valence-corrected chi connectivity index (χ3v) is 7.70. The Balaban J connectivity index is 1.65. The Morgan fingerprint density at radius 2 is 2.12 bits per heavy atom. The van der Waals surface area contributed by atoms with E-state index in [1.165, 1.54) is 11.3 Å². The molecule has 0 radical (unpaired) electrons. The molecule has 0 amide bonds. The molecular weight excluding hydrogens is 486 g/mol. The molecule has 0 bridgehead atoms. The third-order valence-electron chi connectivity index (χ3n) is 4.46. The largest absolute Gasteiger partial charge is 0.453 e. The number of ether oxygens (including phenoxy) is 2. The summed E-state index contributed by atoms with van der Waals surface area (Å²) in [6, 6.07) is 3.54. The van der Waals surface area contributed by atoms with Crippen molar-refractivity contribution in [3.63, 3.8) is 0 Å². The zero-order valence-corrected chi connectivity index (χ0v) is 18.5. The Bertz CT molecular complexity index is 817. The first-order valence-corrected chi connectivity index (χ1v) is 10.7. The van der Waals surface area contributed by atoms with Crippen LogP contribution < -0.4 is 0 Å². The molecule has 2 aromatic heterocycles. The van der Waals surface area contributed by atoms with Crippen molar-refractivity contribution in [3.05, 3.63) is 42.2 Å². The first kappa shape index (κ1) is 19.8. The topological polar surface area (TPSA) is 57.5 Å². The minimum Gasteiger partial charge on any atom is -0.453 e. The van der Waals surface area contributed by atoms with Gasteiger partial charge in [0.1, 0.15) is 4.88 Å². The standard InChI is InChI=1S/C18H19Br2NO4S/c1-10-6-13(11(2)21(10)8-12-4-3-5-24-12)15(22)9-25-18(23)16-7-14(19)17(20)26-16/h6-7,12H,3-5,8-9H2,1-2H3/t12-/m1/s1. The van der Waals surface area contributed by atoms with Crippen LogP contribution in [0.15, 0.2) is 20.4 Å². The maximum atomic E-state index is 12.5. The molecule has 1 saturated heterocycles. The van der Waals surface area contributed by atoms with Gasteiger partial charge in [-0.15, -0.1) is 11.3 Å². The SMILES string of the molecule is Cc1cc(C(=O)COC(=O)c2cc(Br)c(Br)s2)c(C)n1C[C@H]1CCCO1. The number of aromatic nitrogens is 1. The number of esters is 1. The number of nitrogens with zero attached hydrogens (tertiary/aromatic N) is 1. The average molecular weight is 505 g/mol. The van der Waals surface area contributed by atoms with E-state index < -0.39 is 5.97 Å². The van der Waals surface area contributed by atoms with E-state index in [0.29, 0.717) is 10.4 Å². The minimum absolute atomic E-state index is 0.195. The van der Waals surface area contributed by atoms with Crippen LogP contribution in [0.1, 0.15) is 44.3 Å². The van der Waals surface area contributed by atoms with Crippen molar-refractivity contribution in [2.24, 2.45) is 0 Å². The van der Waals surface area contributed by atoms with Crippen molar-refractivity contribution >= 4 is 54.9 Å². The first-order valence-electron chi connectivity index (χ1n) is 8.30. The fourth-order valence-electron chi connectivity index (χ4n) is 3.08. The van der Waals surface area contributed by atoms with E-state index in [0.717, 1.165) is 45.6 Å².